The smallest absolute Gasteiger partial charge is 0.295 e. The van der Waals surface area contributed by atoms with E-state index in [2.05, 4.69) is 10.9 Å². The Bertz CT molecular complexity index is 657. The number of hydrogen-bond acceptors (Lipinski definition) is 4. The molecular formula is C14H10N2O3. The summed E-state index contributed by atoms with van der Waals surface area (Å²) in [6.45, 7) is 0. The fraction of sp³-hybridized carbons (Fsp3) is 0.0714. The number of ether oxygens (including phenoxy) is 1. The second-order valence-corrected chi connectivity index (χ2v) is 3.62. The zero-order valence-electron chi connectivity index (χ0n) is 10.2. The molecule has 19 heavy (non-hydrogen) atoms. The van der Waals surface area contributed by atoms with Gasteiger partial charge in [-0.2, -0.15) is 0 Å². The molecule has 0 aliphatic rings. The second-order valence-electron chi connectivity index (χ2n) is 3.62. The number of nitrogens with zero attached hydrogens (tertiary/aromatic N) is 2. The molecular weight excluding hydrogens is 244 g/mol. The molecule has 0 atom stereocenters. The Morgan fingerprint density at radius 3 is 2.79 bits per heavy atom. The van der Waals surface area contributed by atoms with Gasteiger partial charge in [-0.15, -0.1) is 0 Å². The standard InChI is InChI=1S/C14H10N2O3/c1-19-14-10-11(7-9-16(17)18)5-6-12(14)13-4-2-3-8-15-13/h2-6,8,10H,1H3. The minimum Gasteiger partial charge on any atom is -0.496 e. The van der Waals surface area contributed by atoms with E-state index in [1.807, 2.05) is 24.2 Å². The fourth-order valence-electron chi connectivity index (χ4n) is 1.61. The van der Waals surface area contributed by atoms with Crippen LogP contribution >= 0.6 is 0 Å². The number of pyridine rings is 1. The van der Waals surface area contributed by atoms with Crippen molar-refractivity contribution in [2.24, 2.45) is 0 Å². The molecule has 0 unspecified atom stereocenters. The molecule has 0 amide bonds. The van der Waals surface area contributed by atoms with Crippen molar-refractivity contribution in [3.63, 3.8) is 0 Å². The van der Waals surface area contributed by atoms with Gasteiger partial charge in [0.2, 0.25) is 0 Å². The van der Waals surface area contributed by atoms with Gasteiger partial charge in [-0.05, 0) is 30.3 Å². The second kappa shape index (κ2) is 5.65. The van der Waals surface area contributed by atoms with E-state index in [9.17, 15) is 10.1 Å². The van der Waals surface area contributed by atoms with Gasteiger partial charge in [0.15, 0.2) is 0 Å². The molecule has 5 nitrogen and oxygen atoms in total. The first-order valence-electron chi connectivity index (χ1n) is 5.46. The number of aromatic nitrogens is 1. The summed E-state index contributed by atoms with van der Waals surface area (Å²) >= 11 is 0. The molecule has 0 saturated heterocycles. The molecule has 2 aromatic rings. The van der Waals surface area contributed by atoms with Crippen LogP contribution in [0.1, 0.15) is 5.56 Å². The van der Waals surface area contributed by atoms with Crippen molar-refractivity contribution in [2.45, 2.75) is 0 Å². The minimum absolute atomic E-state index is 0.522. The van der Waals surface area contributed by atoms with Gasteiger partial charge >= 0.3 is 0 Å². The molecule has 0 bridgehead atoms. The fourth-order valence-corrected chi connectivity index (χ4v) is 1.61. The number of rotatable bonds is 2. The van der Waals surface area contributed by atoms with Crippen LogP contribution in [0.4, 0.5) is 0 Å². The van der Waals surface area contributed by atoms with Crippen LogP contribution in [0.25, 0.3) is 11.3 Å². The first-order chi connectivity index (χ1) is 9.20. The van der Waals surface area contributed by atoms with Crippen molar-refractivity contribution >= 4 is 0 Å². The third kappa shape index (κ3) is 3.07. The topological polar surface area (TPSA) is 65.3 Å². The van der Waals surface area contributed by atoms with Crippen molar-refractivity contribution in [1.29, 1.82) is 0 Å². The lowest BCUT2D eigenvalue weighted by molar-refractivity contribution is -0.379. The lowest BCUT2D eigenvalue weighted by Gasteiger charge is -2.07. The first kappa shape index (κ1) is 12.6. The molecule has 0 aliphatic heterocycles. The van der Waals surface area contributed by atoms with Crippen LogP contribution in [0, 0.1) is 22.1 Å². The molecule has 2 rings (SSSR count). The molecule has 1 aromatic carbocycles. The predicted molar refractivity (Wildman–Crippen MR) is 70.1 cm³/mol. The average molecular weight is 254 g/mol. The highest BCUT2D eigenvalue weighted by Gasteiger charge is 2.07. The van der Waals surface area contributed by atoms with E-state index in [0.717, 1.165) is 11.3 Å². The molecule has 0 N–H and O–H groups in total. The van der Waals surface area contributed by atoms with Crippen molar-refractivity contribution < 1.29 is 9.66 Å². The molecule has 0 radical (unpaired) electrons. The number of methoxy groups -OCH3 is 1. The Balaban J connectivity index is 2.44. The van der Waals surface area contributed by atoms with E-state index >= 15 is 0 Å². The summed E-state index contributed by atoms with van der Waals surface area (Å²) in [6.07, 6.45) is 1.69. The van der Waals surface area contributed by atoms with Gasteiger partial charge in [0, 0.05) is 23.2 Å². The van der Waals surface area contributed by atoms with Crippen LogP contribution in [0.3, 0.4) is 0 Å². The molecule has 1 heterocycles. The SMILES string of the molecule is COc1cc(C#C[N+](=O)[O-])ccc1-c1ccccn1. The molecule has 94 valence electrons. The summed E-state index contributed by atoms with van der Waals surface area (Å²) in [7, 11) is 1.53. The highest BCUT2D eigenvalue weighted by atomic mass is 16.6. The molecule has 0 aliphatic carbocycles. The first-order valence-corrected chi connectivity index (χ1v) is 5.46. The monoisotopic (exact) mass is 254 g/mol. The van der Waals surface area contributed by atoms with E-state index in [-0.39, 0.29) is 0 Å². The normalized spacial score (nSPS) is 9.32. The van der Waals surface area contributed by atoms with Crippen LogP contribution in [0.15, 0.2) is 42.6 Å². The number of benzene rings is 1. The van der Waals surface area contributed by atoms with Crippen molar-refractivity contribution in [3.8, 4) is 29.0 Å². The van der Waals surface area contributed by atoms with Gasteiger partial charge in [0.1, 0.15) is 10.7 Å². The molecule has 0 spiro atoms. The highest BCUT2D eigenvalue weighted by Crippen LogP contribution is 2.28. The third-order valence-electron chi connectivity index (χ3n) is 2.43. The summed E-state index contributed by atoms with van der Waals surface area (Å²) in [6, 6.07) is 12.6. The van der Waals surface area contributed by atoms with Crippen LogP contribution in [0.5, 0.6) is 5.75 Å². The Morgan fingerprint density at radius 1 is 1.32 bits per heavy atom. The van der Waals surface area contributed by atoms with E-state index in [1.165, 1.54) is 7.11 Å². The van der Waals surface area contributed by atoms with E-state index in [4.69, 9.17) is 4.74 Å². The lowest BCUT2D eigenvalue weighted by atomic mass is 10.1. The molecule has 0 fully saturated rings. The quantitative estimate of drug-likeness (QED) is 0.357. The van der Waals surface area contributed by atoms with Gasteiger partial charge in [-0.1, -0.05) is 6.07 Å². The maximum atomic E-state index is 10.2. The maximum Gasteiger partial charge on any atom is 0.295 e. The predicted octanol–water partition coefficient (Wildman–Crippen LogP) is 2.34. The van der Waals surface area contributed by atoms with Gasteiger partial charge in [0.05, 0.1) is 12.8 Å². The molecule has 5 heteroatoms. The maximum absolute atomic E-state index is 10.2. The van der Waals surface area contributed by atoms with Gasteiger partial charge < -0.3 is 4.74 Å². The zero-order valence-corrected chi connectivity index (χ0v) is 10.2. The lowest BCUT2D eigenvalue weighted by Crippen LogP contribution is -1.91. The van der Waals surface area contributed by atoms with Gasteiger partial charge in [0.25, 0.3) is 6.04 Å². The summed E-state index contributed by atoms with van der Waals surface area (Å²) in [4.78, 5) is 13.8. The summed E-state index contributed by atoms with van der Waals surface area (Å²) in [5.41, 5.74) is 2.11. The third-order valence-corrected chi connectivity index (χ3v) is 2.43. The van der Waals surface area contributed by atoms with Crippen molar-refractivity contribution in [3.05, 3.63) is 58.3 Å². The Labute approximate surface area is 110 Å². The number of hydrogen-bond donors (Lipinski definition) is 0. The summed E-state index contributed by atoms with van der Waals surface area (Å²) in [5, 5.41) is 10.2. The van der Waals surface area contributed by atoms with E-state index in [0.29, 0.717) is 11.3 Å². The Morgan fingerprint density at radius 2 is 2.16 bits per heavy atom. The van der Waals surface area contributed by atoms with Crippen LogP contribution in [0.2, 0.25) is 0 Å². The van der Waals surface area contributed by atoms with Gasteiger partial charge in [-0.3, -0.25) is 4.98 Å². The minimum atomic E-state index is -0.681. The van der Waals surface area contributed by atoms with E-state index < -0.39 is 4.92 Å². The van der Waals surface area contributed by atoms with Gasteiger partial charge in [-0.25, -0.2) is 10.1 Å². The molecule has 1 aromatic heterocycles. The van der Waals surface area contributed by atoms with Crippen molar-refractivity contribution in [2.75, 3.05) is 7.11 Å². The largest absolute Gasteiger partial charge is 0.496 e. The zero-order chi connectivity index (χ0) is 13.7. The van der Waals surface area contributed by atoms with Crippen LogP contribution in [-0.4, -0.2) is 17.0 Å². The molecule has 0 saturated carbocycles. The van der Waals surface area contributed by atoms with Crippen LogP contribution in [-0.2, 0) is 0 Å². The average Bonchev–Trinajstić information content (AvgIpc) is 2.45. The van der Waals surface area contributed by atoms with E-state index in [1.54, 1.807) is 24.4 Å². The Hall–Kier alpha value is -2.87. The number of nitro groups is 1. The summed E-state index contributed by atoms with van der Waals surface area (Å²) < 4.78 is 5.27. The highest BCUT2D eigenvalue weighted by molar-refractivity contribution is 5.68. The van der Waals surface area contributed by atoms with Crippen LogP contribution < -0.4 is 4.74 Å². The van der Waals surface area contributed by atoms with Crippen molar-refractivity contribution in [1.82, 2.24) is 4.98 Å². The Kier molecular flexibility index (Phi) is 3.74. The summed E-state index contributed by atoms with van der Waals surface area (Å²) in [5.74, 6) is 3.03.